The molecule has 0 saturated carbocycles. The van der Waals surface area contributed by atoms with Crippen molar-refractivity contribution in [1.82, 2.24) is 14.8 Å². The predicted molar refractivity (Wildman–Crippen MR) is 95.7 cm³/mol. The number of nitrogens with zero attached hydrogens (tertiary/aromatic N) is 3. The Kier molecular flexibility index (Phi) is 6.11. The second-order valence-electron chi connectivity index (χ2n) is 6.34. The number of halogens is 2. The molecule has 0 N–H and O–H groups in total. The fourth-order valence-electron chi connectivity index (χ4n) is 3.19. The first kappa shape index (κ1) is 18.4. The van der Waals surface area contributed by atoms with E-state index in [0.717, 1.165) is 37.8 Å². The molecular weight excluding hydrogens is 344 g/mol. The highest BCUT2D eigenvalue weighted by atomic mass is 32.1. The van der Waals surface area contributed by atoms with E-state index in [0.29, 0.717) is 18.3 Å². The van der Waals surface area contributed by atoms with Gasteiger partial charge in [-0.3, -0.25) is 9.80 Å². The first-order chi connectivity index (χ1) is 12.1. The molecule has 3 rings (SSSR count). The van der Waals surface area contributed by atoms with Crippen molar-refractivity contribution in [2.24, 2.45) is 0 Å². The fourth-order valence-corrected chi connectivity index (χ4v) is 4.01. The first-order valence-corrected chi connectivity index (χ1v) is 9.30. The van der Waals surface area contributed by atoms with Gasteiger partial charge in [-0.15, -0.1) is 11.3 Å². The summed E-state index contributed by atoms with van der Waals surface area (Å²) in [6.45, 7) is 7.51. The number of piperazine rings is 1. The second kappa shape index (κ2) is 8.31. The molecule has 1 saturated heterocycles. The summed E-state index contributed by atoms with van der Waals surface area (Å²) in [6, 6.07) is 4.34. The zero-order valence-electron chi connectivity index (χ0n) is 14.5. The zero-order valence-corrected chi connectivity index (χ0v) is 15.4. The van der Waals surface area contributed by atoms with Crippen LogP contribution in [-0.2, 0) is 11.3 Å². The molecule has 0 radical (unpaired) electrons. The van der Waals surface area contributed by atoms with E-state index in [9.17, 15) is 8.78 Å². The summed E-state index contributed by atoms with van der Waals surface area (Å²) in [5.74, 6) is -1.14. The Bertz CT molecular complexity index is 689. The van der Waals surface area contributed by atoms with Gasteiger partial charge in [0.1, 0.15) is 16.6 Å². The van der Waals surface area contributed by atoms with Gasteiger partial charge in [0.25, 0.3) is 0 Å². The Morgan fingerprint density at radius 2 is 2.04 bits per heavy atom. The van der Waals surface area contributed by atoms with E-state index >= 15 is 0 Å². The molecule has 1 aliphatic rings. The van der Waals surface area contributed by atoms with Gasteiger partial charge in [0.15, 0.2) is 0 Å². The van der Waals surface area contributed by atoms with Crippen molar-refractivity contribution in [3.8, 4) is 11.3 Å². The number of aromatic nitrogens is 1. The van der Waals surface area contributed by atoms with Gasteiger partial charge in [-0.25, -0.2) is 13.8 Å². The molecule has 0 spiro atoms. The van der Waals surface area contributed by atoms with E-state index in [4.69, 9.17) is 4.74 Å². The number of thiazole rings is 1. The Morgan fingerprint density at radius 3 is 2.72 bits per heavy atom. The number of methoxy groups -OCH3 is 1. The summed E-state index contributed by atoms with van der Waals surface area (Å²) in [6.07, 6.45) is 0. The van der Waals surface area contributed by atoms with Crippen LogP contribution in [0.2, 0.25) is 0 Å². The second-order valence-corrected chi connectivity index (χ2v) is 7.28. The Labute approximate surface area is 151 Å². The molecule has 1 unspecified atom stereocenters. The first-order valence-electron chi connectivity index (χ1n) is 8.42. The summed E-state index contributed by atoms with van der Waals surface area (Å²) in [5.41, 5.74) is 0.338. The van der Waals surface area contributed by atoms with Crippen molar-refractivity contribution in [1.29, 1.82) is 0 Å². The van der Waals surface area contributed by atoms with E-state index in [1.54, 1.807) is 12.5 Å². The number of hydrogen-bond donors (Lipinski definition) is 0. The van der Waals surface area contributed by atoms with Gasteiger partial charge in [-0.1, -0.05) is 6.07 Å². The molecule has 0 bridgehead atoms. The van der Waals surface area contributed by atoms with Gasteiger partial charge >= 0.3 is 0 Å². The van der Waals surface area contributed by atoms with Crippen LogP contribution in [0.1, 0.15) is 11.9 Å². The average molecular weight is 367 g/mol. The molecule has 4 nitrogen and oxygen atoms in total. The fraction of sp³-hybridized carbons (Fsp3) is 0.500. The van der Waals surface area contributed by atoms with Crippen LogP contribution in [0, 0.1) is 11.6 Å². The minimum absolute atomic E-state index is 0.0391. The van der Waals surface area contributed by atoms with Crippen molar-refractivity contribution in [3.05, 3.63) is 40.2 Å². The van der Waals surface area contributed by atoms with Crippen LogP contribution in [0.25, 0.3) is 11.3 Å². The van der Waals surface area contributed by atoms with Gasteiger partial charge in [-0.2, -0.15) is 0 Å². The Hall–Kier alpha value is -1.41. The normalized spacial score (nSPS) is 19.4. The molecule has 0 amide bonds. The lowest BCUT2D eigenvalue weighted by atomic mass is 10.1. The maximum absolute atomic E-state index is 13.9. The molecule has 25 heavy (non-hydrogen) atoms. The maximum atomic E-state index is 13.9. The lowest BCUT2D eigenvalue weighted by Crippen LogP contribution is -2.52. The third-order valence-corrected chi connectivity index (χ3v) is 5.39. The molecule has 136 valence electrons. The SMILES string of the molecule is COCCN1CCN(Cc2nc(-c3c(F)cccc3F)cs2)CC1C. The summed E-state index contributed by atoms with van der Waals surface area (Å²) in [7, 11) is 1.72. The van der Waals surface area contributed by atoms with E-state index < -0.39 is 11.6 Å². The van der Waals surface area contributed by atoms with Crippen molar-refractivity contribution < 1.29 is 13.5 Å². The van der Waals surface area contributed by atoms with Gasteiger partial charge in [0.05, 0.1) is 24.4 Å². The highest BCUT2D eigenvalue weighted by Crippen LogP contribution is 2.28. The Morgan fingerprint density at radius 1 is 1.28 bits per heavy atom. The summed E-state index contributed by atoms with van der Waals surface area (Å²) in [5, 5.41) is 2.62. The quantitative estimate of drug-likeness (QED) is 0.784. The average Bonchev–Trinajstić information content (AvgIpc) is 3.02. The molecule has 1 aliphatic heterocycles. The standard InChI is InChI=1S/C18H23F2N3OS/c1-13-10-22(6-7-23(13)8-9-24-2)11-17-21-16(12-25-17)18-14(19)4-3-5-15(18)20/h3-5,12-13H,6-11H2,1-2H3. The number of hydrogen-bond acceptors (Lipinski definition) is 5. The molecule has 2 aromatic rings. The van der Waals surface area contributed by atoms with Crippen LogP contribution in [0.15, 0.2) is 23.6 Å². The highest BCUT2D eigenvalue weighted by Gasteiger charge is 2.24. The van der Waals surface area contributed by atoms with Crippen LogP contribution in [0.3, 0.4) is 0 Å². The molecule has 7 heteroatoms. The molecule has 1 aromatic heterocycles. The molecule has 1 fully saturated rings. The van der Waals surface area contributed by atoms with Crippen LogP contribution in [0.4, 0.5) is 8.78 Å². The van der Waals surface area contributed by atoms with Crippen LogP contribution < -0.4 is 0 Å². The van der Waals surface area contributed by atoms with Crippen LogP contribution in [0.5, 0.6) is 0 Å². The Balaban J connectivity index is 1.63. The predicted octanol–water partition coefficient (Wildman–Crippen LogP) is 3.24. The topological polar surface area (TPSA) is 28.6 Å². The number of benzene rings is 1. The van der Waals surface area contributed by atoms with Crippen molar-refractivity contribution in [2.75, 3.05) is 39.9 Å². The molecule has 2 heterocycles. The van der Waals surface area contributed by atoms with E-state index in [-0.39, 0.29) is 5.56 Å². The van der Waals surface area contributed by atoms with Gasteiger partial charge in [0, 0.05) is 44.7 Å². The van der Waals surface area contributed by atoms with Gasteiger partial charge in [0.2, 0.25) is 0 Å². The zero-order chi connectivity index (χ0) is 17.8. The monoisotopic (exact) mass is 367 g/mol. The number of rotatable bonds is 6. The number of ether oxygens (including phenoxy) is 1. The molecule has 0 aliphatic carbocycles. The minimum Gasteiger partial charge on any atom is -0.383 e. The molecule has 1 aromatic carbocycles. The minimum atomic E-state index is -0.572. The summed E-state index contributed by atoms with van der Waals surface area (Å²) < 4.78 is 33.0. The van der Waals surface area contributed by atoms with E-state index in [1.807, 2.05) is 0 Å². The van der Waals surface area contributed by atoms with Gasteiger partial charge < -0.3 is 4.74 Å². The van der Waals surface area contributed by atoms with E-state index in [2.05, 4.69) is 21.7 Å². The maximum Gasteiger partial charge on any atom is 0.135 e. The van der Waals surface area contributed by atoms with Gasteiger partial charge in [-0.05, 0) is 19.1 Å². The summed E-state index contributed by atoms with van der Waals surface area (Å²) in [4.78, 5) is 9.21. The lowest BCUT2D eigenvalue weighted by molar-refractivity contribution is 0.0557. The van der Waals surface area contributed by atoms with Crippen LogP contribution >= 0.6 is 11.3 Å². The highest BCUT2D eigenvalue weighted by molar-refractivity contribution is 7.09. The van der Waals surface area contributed by atoms with Crippen molar-refractivity contribution >= 4 is 11.3 Å². The van der Waals surface area contributed by atoms with Crippen molar-refractivity contribution in [2.45, 2.75) is 19.5 Å². The molecule has 1 atom stereocenters. The summed E-state index contributed by atoms with van der Waals surface area (Å²) >= 11 is 1.45. The smallest absolute Gasteiger partial charge is 0.135 e. The third-order valence-electron chi connectivity index (χ3n) is 4.56. The van der Waals surface area contributed by atoms with Crippen molar-refractivity contribution in [3.63, 3.8) is 0 Å². The third kappa shape index (κ3) is 4.41. The van der Waals surface area contributed by atoms with Crippen LogP contribution in [-0.4, -0.2) is 60.7 Å². The van der Waals surface area contributed by atoms with E-state index in [1.165, 1.54) is 29.5 Å². The lowest BCUT2D eigenvalue weighted by Gasteiger charge is -2.39. The molecular formula is C18H23F2N3OS. The largest absolute Gasteiger partial charge is 0.383 e.